The van der Waals surface area contributed by atoms with Crippen LogP contribution >= 0.6 is 11.8 Å². The van der Waals surface area contributed by atoms with E-state index < -0.39 is 0 Å². The molecule has 1 fully saturated rings. The molecule has 1 N–H and O–H groups in total. The first kappa shape index (κ1) is 12.0. The van der Waals surface area contributed by atoms with Gasteiger partial charge in [0, 0.05) is 17.0 Å². The molecule has 6 nitrogen and oxygen atoms in total. The van der Waals surface area contributed by atoms with Crippen molar-refractivity contribution in [2.75, 3.05) is 12.3 Å². The Morgan fingerprint density at radius 2 is 2.16 bits per heavy atom. The van der Waals surface area contributed by atoms with Crippen molar-refractivity contribution in [1.82, 2.24) is 20.3 Å². The summed E-state index contributed by atoms with van der Waals surface area (Å²) in [5.41, 5.74) is 2.42. The summed E-state index contributed by atoms with van der Waals surface area (Å²) in [6.07, 6.45) is 4.79. The first-order chi connectivity index (χ1) is 9.24. The van der Waals surface area contributed by atoms with Gasteiger partial charge in [0.15, 0.2) is 5.82 Å². The Balaban J connectivity index is 1.79. The van der Waals surface area contributed by atoms with Crippen molar-refractivity contribution in [3.8, 4) is 0 Å². The first-order valence-corrected chi connectivity index (χ1v) is 6.76. The quantitative estimate of drug-likeness (QED) is 0.846. The zero-order chi connectivity index (χ0) is 13.2. The third kappa shape index (κ3) is 2.41. The molecule has 1 atom stereocenters. The molecule has 1 aromatic rings. The Bertz CT molecular complexity index is 595. The van der Waals surface area contributed by atoms with E-state index in [2.05, 4.69) is 31.8 Å². The van der Waals surface area contributed by atoms with Crippen molar-refractivity contribution in [2.45, 2.75) is 5.25 Å². The molecule has 2 aliphatic rings. The van der Waals surface area contributed by atoms with Gasteiger partial charge in [-0.3, -0.25) is 9.79 Å². The number of nitrogens with zero attached hydrogens (tertiary/aromatic N) is 4. The molecule has 3 rings (SSSR count). The van der Waals surface area contributed by atoms with Crippen LogP contribution in [0, 0.1) is 0 Å². The summed E-state index contributed by atoms with van der Waals surface area (Å²) in [7, 11) is 0. The third-order valence-electron chi connectivity index (χ3n) is 2.77. The Hall–Kier alpha value is -2.02. The number of aliphatic imine (C=N–C) groups is 1. The lowest BCUT2D eigenvalue weighted by Crippen LogP contribution is -2.41. The molecular weight excluding hydrogens is 262 g/mol. The zero-order valence-electron chi connectivity index (χ0n) is 10.0. The molecule has 1 amide bonds. The van der Waals surface area contributed by atoms with Crippen LogP contribution in [0.3, 0.4) is 0 Å². The van der Waals surface area contributed by atoms with Crippen LogP contribution in [0.25, 0.3) is 5.57 Å². The van der Waals surface area contributed by atoms with Crippen molar-refractivity contribution >= 4 is 29.0 Å². The minimum absolute atomic E-state index is 0.0619. The second kappa shape index (κ2) is 4.93. The highest BCUT2D eigenvalue weighted by atomic mass is 32.2. The van der Waals surface area contributed by atoms with Gasteiger partial charge >= 0.3 is 0 Å². The minimum Gasteiger partial charge on any atom is -0.328 e. The highest BCUT2D eigenvalue weighted by Crippen LogP contribution is 2.25. The van der Waals surface area contributed by atoms with Gasteiger partial charge in [0.25, 0.3) is 0 Å². The lowest BCUT2D eigenvalue weighted by Gasteiger charge is -2.22. The third-order valence-corrected chi connectivity index (χ3v) is 4.07. The topological polar surface area (TPSA) is 80.1 Å². The molecule has 3 heterocycles. The number of nitrogens with one attached hydrogen (secondary N) is 1. The average Bonchev–Trinajstić information content (AvgIpc) is 2.89. The molecular formula is C12H11N5OS. The lowest BCUT2D eigenvalue weighted by molar-refractivity contribution is -0.118. The van der Waals surface area contributed by atoms with Gasteiger partial charge in [0.05, 0.1) is 12.3 Å². The molecule has 96 valence electrons. The zero-order valence-corrected chi connectivity index (χ0v) is 10.9. The summed E-state index contributed by atoms with van der Waals surface area (Å²) in [4.78, 5) is 28.2. The number of thioether (sulfide) groups is 1. The second-order valence-corrected chi connectivity index (χ2v) is 5.25. The van der Waals surface area contributed by atoms with E-state index in [9.17, 15) is 4.79 Å². The number of carbonyl (C=O) groups excluding carboxylic acids is 1. The number of hydrogen-bond donors (Lipinski definition) is 1. The van der Waals surface area contributed by atoms with Crippen molar-refractivity contribution < 1.29 is 4.79 Å². The van der Waals surface area contributed by atoms with Crippen molar-refractivity contribution in [3.63, 3.8) is 0 Å². The van der Waals surface area contributed by atoms with Gasteiger partial charge in [-0.05, 0) is 6.08 Å². The predicted molar refractivity (Wildman–Crippen MR) is 73.6 cm³/mol. The molecule has 2 aliphatic heterocycles. The summed E-state index contributed by atoms with van der Waals surface area (Å²) in [6, 6.07) is 0. The Morgan fingerprint density at radius 3 is 2.89 bits per heavy atom. The van der Waals surface area contributed by atoms with Crippen LogP contribution in [0.1, 0.15) is 5.82 Å². The van der Waals surface area contributed by atoms with Crippen LogP contribution in [-0.2, 0) is 4.79 Å². The highest BCUT2D eigenvalue weighted by Gasteiger charge is 2.30. The van der Waals surface area contributed by atoms with Gasteiger partial charge in [-0.1, -0.05) is 6.58 Å². The van der Waals surface area contributed by atoms with E-state index in [0.717, 1.165) is 17.0 Å². The molecule has 0 aromatic carbocycles. The van der Waals surface area contributed by atoms with E-state index in [4.69, 9.17) is 0 Å². The van der Waals surface area contributed by atoms with Gasteiger partial charge in [0.1, 0.15) is 17.9 Å². The van der Waals surface area contributed by atoms with Gasteiger partial charge in [0.2, 0.25) is 5.91 Å². The summed E-state index contributed by atoms with van der Waals surface area (Å²) in [5, 5.41) is 2.48. The SMILES string of the molecule is C=C1CSC(C2=NCC(c3ncncn3)=C2)C(=O)N1. The maximum atomic E-state index is 11.9. The Labute approximate surface area is 114 Å². The van der Waals surface area contributed by atoms with Gasteiger partial charge in [-0.15, -0.1) is 11.8 Å². The fraction of sp³-hybridized carbons (Fsp3) is 0.250. The molecule has 1 unspecified atom stereocenters. The fourth-order valence-corrected chi connectivity index (χ4v) is 2.86. The molecule has 7 heteroatoms. The summed E-state index contributed by atoms with van der Waals surface area (Å²) < 4.78 is 0. The van der Waals surface area contributed by atoms with Gasteiger partial charge in [-0.25, -0.2) is 15.0 Å². The van der Waals surface area contributed by atoms with Crippen LogP contribution in [0.4, 0.5) is 0 Å². The van der Waals surface area contributed by atoms with E-state index in [1.807, 2.05) is 6.08 Å². The number of carbonyl (C=O) groups is 1. The molecule has 1 aromatic heterocycles. The lowest BCUT2D eigenvalue weighted by atomic mass is 10.2. The van der Waals surface area contributed by atoms with E-state index in [1.165, 1.54) is 24.4 Å². The highest BCUT2D eigenvalue weighted by molar-refractivity contribution is 8.01. The van der Waals surface area contributed by atoms with Crippen LogP contribution in [-0.4, -0.2) is 44.1 Å². The number of allylic oxidation sites excluding steroid dienone is 1. The van der Waals surface area contributed by atoms with Crippen LogP contribution in [0.15, 0.2) is 36.0 Å². The number of aromatic nitrogens is 3. The van der Waals surface area contributed by atoms with Crippen molar-refractivity contribution in [3.05, 3.63) is 36.8 Å². The van der Waals surface area contributed by atoms with E-state index in [0.29, 0.717) is 18.1 Å². The van der Waals surface area contributed by atoms with Crippen LogP contribution in [0.2, 0.25) is 0 Å². The molecule has 19 heavy (non-hydrogen) atoms. The normalized spacial score (nSPS) is 22.8. The van der Waals surface area contributed by atoms with Crippen LogP contribution in [0.5, 0.6) is 0 Å². The summed E-state index contributed by atoms with van der Waals surface area (Å²) in [6.45, 7) is 4.26. The number of amides is 1. The second-order valence-electron chi connectivity index (χ2n) is 4.16. The van der Waals surface area contributed by atoms with E-state index in [1.54, 1.807) is 0 Å². The van der Waals surface area contributed by atoms with Crippen LogP contribution < -0.4 is 5.32 Å². The van der Waals surface area contributed by atoms with Gasteiger partial charge in [-0.2, -0.15) is 0 Å². The van der Waals surface area contributed by atoms with E-state index in [-0.39, 0.29) is 11.2 Å². The maximum Gasteiger partial charge on any atom is 0.243 e. The predicted octanol–water partition coefficient (Wildman–Crippen LogP) is 0.455. The number of hydrogen-bond acceptors (Lipinski definition) is 6. The Kier molecular flexibility index (Phi) is 3.12. The maximum absolute atomic E-state index is 11.9. The average molecular weight is 273 g/mol. The smallest absolute Gasteiger partial charge is 0.243 e. The standard InChI is InChI=1S/C12H11N5OS/c1-7-4-19-10(12(18)17-7)9-2-8(3-14-9)11-15-5-13-6-16-11/h2,5-6,10H,1,3-4H2,(H,17,18). The van der Waals surface area contributed by atoms with Gasteiger partial charge < -0.3 is 5.32 Å². The van der Waals surface area contributed by atoms with Crippen molar-refractivity contribution in [2.24, 2.45) is 4.99 Å². The molecule has 0 saturated carbocycles. The summed E-state index contributed by atoms with van der Waals surface area (Å²) >= 11 is 1.53. The summed E-state index contributed by atoms with van der Waals surface area (Å²) in [5.74, 6) is 1.26. The molecule has 0 aliphatic carbocycles. The fourth-order valence-electron chi connectivity index (χ4n) is 1.90. The minimum atomic E-state index is -0.273. The molecule has 0 radical (unpaired) electrons. The largest absolute Gasteiger partial charge is 0.328 e. The molecule has 0 bridgehead atoms. The number of rotatable bonds is 2. The van der Waals surface area contributed by atoms with E-state index >= 15 is 0 Å². The molecule has 0 spiro atoms. The monoisotopic (exact) mass is 273 g/mol. The first-order valence-electron chi connectivity index (χ1n) is 5.71. The Morgan fingerprint density at radius 1 is 1.37 bits per heavy atom. The molecule has 1 saturated heterocycles. The van der Waals surface area contributed by atoms with Crippen molar-refractivity contribution in [1.29, 1.82) is 0 Å².